The second-order valence-electron chi connectivity index (χ2n) is 6.15. The predicted octanol–water partition coefficient (Wildman–Crippen LogP) is 5.41. The molecule has 0 saturated heterocycles. The van der Waals surface area contributed by atoms with Crippen molar-refractivity contribution in [2.45, 2.75) is 17.5 Å². The number of hydrogen-bond donors (Lipinski definition) is 0. The van der Waals surface area contributed by atoms with Crippen LogP contribution in [0.15, 0.2) is 70.2 Å². The van der Waals surface area contributed by atoms with Crippen molar-refractivity contribution in [3.05, 3.63) is 82.8 Å². The number of furan rings is 1. The van der Waals surface area contributed by atoms with Crippen LogP contribution < -0.4 is 0 Å². The number of esters is 1. The van der Waals surface area contributed by atoms with Crippen LogP contribution in [0.5, 0.6) is 0 Å². The van der Waals surface area contributed by atoms with E-state index in [0.717, 1.165) is 16.2 Å². The average molecular weight is 413 g/mol. The number of hydrogen-bond acceptors (Lipinski definition) is 5. The highest BCUT2D eigenvalue weighted by Gasteiger charge is 2.15. The molecule has 0 aliphatic carbocycles. The number of ether oxygens (including phenoxy) is 1. The molecule has 0 radical (unpaired) electrons. The van der Waals surface area contributed by atoms with Gasteiger partial charge in [-0.3, -0.25) is 0 Å². The number of nitrogens with zero attached hydrogens (tertiary/aromatic N) is 2. The van der Waals surface area contributed by atoms with Crippen LogP contribution in [0.4, 0.5) is 0 Å². The van der Waals surface area contributed by atoms with Crippen molar-refractivity contribution in [1.29, 1.82) is 0 Å². The number of imidazole rings is 1. The lowest BCUT2D eigenvalue weighted by Gasteiger charge is -2.09. The van der Waals surface area contributed by atoms with E-state index in [4.69, 9.17) is 21.0 Å². The van der Waals surface area contributed by atoms with Gasteiger partial charge in [0.1, 0.15) is 5.76 Å². The Morgan fingerprint density at radius 1 is 1.18 bits per heavy atom. The molecule has 2 aromatic heterocycles. The van der Waals surface area contributed by atoms with Crippen LogP contribution in [0.25, 0.3) is 11.0 Å². The number of methoxy groups -OCH3 is 1. The molecule has 0 saturated carbocycles. The highest BCUT2D eigenvalue weighted by atomic mass is 35.5. The number of benzene rings is 2. The molecule has 4 rings (SSSR count). The third-order valence-corrected chi connectivity index (χ3v) is 5.48. The fourth-order valence-electron chi connectivity index (χ4n) is 2.91. The fourth-order valence-corrected chi connectivity index (χ4v) is 3.99. The van der Waals surface area contributed by atoms with Crippen molar-refractivity contribution in [1.82, 2.24) is 9.55 Å². The molecule has 0 unspecified atom stereocenters. The summed E-state index contributed by atoms with van der Waals surface area (Å²) in [7, 11) is 1.33. The standard InChI is InChI=1S/C21H17ClN2O3S/c1-26-20(25)19-10-8-16(27-19)13-28-21-23-17-11-15(22)7-9-18(17)24(21)12-14-5-3-2-4-6-14/h2-11H,12-13H2,1H3. The lowest BCUT2D eigenvalue weighted by Crippen LogP contribution is -2.01. The van der Waals surface area contributed by atoms with Crippen LogP contribution in [0.1, 0.15) is 21.9 Å². The number of halogens is 1. The summed E-state index contributed by atoms with van der Waals surface area (Å²) in [5.41, 5.74) is 3.05. The number of rotatable bonds is 6. The fraction of sp³-hybridized carbons (Fsp3) is 0.143. The first-order chi connectivity index (χ1) is 13.6. The first-order valence-electron chi connectivity index (χ1n) is 8.63. The molecule has 0 bridgehead atoms. The summed E-state index contributed by atoms with van der Waals surface area (Å²) in [4.78, 5) is 16.3. The topological polar surface area (TPSA) is 57.3 Å². The lowest BCUT2D eigenvalue weighted by molar-refractivity contribution is 0.0563. The molecular formula is C21H17ClN2O3S. The molecule has 0 spiro atoms. The van der Waals surface area contributed by atoms with Gasteiger partial charge in [0.05, 0.1) is 30.4 Å². The van der Waals surface area contributed by atoms with Crippen LogP contribution in [0, 0.1) is 0 Å². The number of carbonyl (C=O) groups is 1. The Morgan fingerprint density at radius 3 is 2.79 bits per heavy atom. The van der Waals surface area contributed by atoms with Gasteiger partial charge in [-0.15, -0.1) is 0 Å². The summed E-state index contributed by atoms with van der Waals surface area (Å²) >= 11 is 7.69. The van der Waals surface area contributed by atoms with Gasteiger partial charge in [0.25, 0.3) is 0 Å². The third kappa shape index (κ3) is 3.93. The van der Waals surface area contributed by atoms with Crippen LogP contribution in [0.2, 0.25) is 5.02 Å². The second-order valence-corrected chi connectivity index (χ2v) is 7.52. The van der Waals surface area contributed by atoms with E-state index >= 15 is 0 Å². The van der Waals surface area contributed by atoms with Crippen LogP contribution in [-0.4, -0.2) is 22.6 Å². The molecule has 0 amide bonds. The van der Waals surface area contributed by atoms with Crippen molar-refractivity contribution in [3.63, 3.8) is 0 Å². The molecule has 2 heterocycles. The van der Waals surface area contributed by atoms with Gasteiger partial charge in [0, 0.05) is 5.02 Å². The zero-order valence-corrected chi connectivity index (χ0v) is 16.7. The summed E-state index contributed by atoms with van der Waals surface area (Å²) in [6.07, 6.45) is 0. The Bertz CT molecular complexity index is 1120. The molecule has 0 atom stereocenters. The molecule has 4 aromatic rings. The quantitative estimate of drug-likeness (QED) is 0.313. The van der Waals surface area contributed by atoms with Crippen molar-refractivity contribution >= 4 is 40.4 Å². The molecule has 7 heteroatoms. The maximum absolute atomic E-state index is 11.6. The number of thioether (sulfide) groups is 1. The third-order valence-electron chi connectivity index (χ3n) is 4.25. The number of carbonyl (C=O) groups excluding carboxylic acids is 1. The second kappa shape index (κ2) is 8.12. The maximum atomic E-state index is 11.6. The Kier molecular flexibility index (Phi) is 5.41. The summed E-state index contributed by atoms with van der Waals surface area (Å²) in [5, 5.41) is 1.51. The van der Waals surface area contributed by atoms with Gasteiger partial charge in [-0.1, -0.05) is 53.7 Å². The SMILES string of the molecule is COC(=O)c1ccc(CSc2nc3cc(Cl)ccc3n2Cc2ccccc2)o1. The zero-order valence-electron chi connectivity index (χ0n) is 15.1. The molecule has 0 aliphatic heterocycles. The van der Waals surface area contributed by atoms with E-state index in [0.29, 0.717) is 23.1 Å². The first-order valence-corrected chi connectivity index (χ1v) is 10.00. The minimum atomic E-state index is -0.484. The van der Waals surface area contributed by atoms with E-state index < -0.39 is 5.97 Å². The Labute approximate surface area is 171 Å². The van der Waals surface area contributed by atoms with Gasteiger partial charge >= 0.3 is 5.97 Å². The maximum Gasteiger partial charge on any atom is 0.373 e. The largest absolute Gasteiger partial charge is 0.463 e. The molecule has 0 N–H and O–H groups in total. The Hall–Kier alpha value is -2.70. The molecule has 142 valence electrons. The van der Waals surface area contributed by atoms with Crippen molar-refractivity contribution in [2.75, 3.05) is 7.11 Å². The predicted molar refractivity (Wildman–Crippen MR) is 110 cm³/mol. The van der Waals surface area contributed by atoms with Crippen LogP contribution >= 0.6 is 23.4 Å². The van der Waals surface area contributed by atoms with Gasteiger partial charge in [-0.05, 0) is 35.9 Å². The first kappa shape index (κ1) is 18.7. The molecular weight excluding hydrogens is 396 g/mol. The van der Waals surface area contributed by atoms with E-state index in [1.165, 1.54) is 12.7 Å². The highest BCUT2D eigenvalue weighted by molar-refractivity contribution is 7.98. The lowest BCUT2D eigenvalue weighted by atomic mass is 10.2. The van der Waals surface area contributed by atoms with Crippen molar-refractivity contribution < 1.29 is 13.9 Å². The zero-order chi connectivity index (χ0) is 19.5. The van der Waals surface area contributed by atoms with E-state index in [9.17, 15) is 4.79 Å². The highest BCUT2D eigenvalue weighted by Crippen LogP contribution is 2.29. The van der Waals surface area contributed by atoms with E-state index in [-0.39, 0.29) is 5.76 Å². The summed E-state index contributed by atoms with van der Waals surface area (Å²) in [5.74, 6) is 0.940. The van der Waals surface area contributed by atoms with Crippen LogP contribution in [0.3, 0.4) is 0 Å². The van der Waals surface area contributed by atoms with E-state index in [1.54, 1.807) is 23.9 Å². The smallest absolute Gasteiger partial charge is 0.373 e. The summed E-state index contributed by atoms with van der Waals surface area (Å²) < 4.78 is 12.4. The van der Waals surface area contributed by atoms with Gasteiger partial charge in [0.2, 0.25) is 5.76 Å². The number of fused-ring (bicyclic) bond motifs is 1. The average Bonchev–Trinajstić information content (AvgIpc) is 3.31. The van der Waals surface area contributed by atoms with Crippen LogP contribution in [-0.2, 0) is 17.0 Å². The summed E-state index contributed by atoms with van der Waals surface area (Å²) in [6, 6.07) is 19.3. The van der Waals surface area contributed by atoms with E-state index in [2.05, 4.69) is 21.4 Å². The minimum absolute atomic E-state index is 0.197. The van der Waals surface area contributed by atoms with Gasteiger partial charge < -0.3 is 13.7 Å². The normalized spacial score (nSPS) is 11.1. The molecule has 2 aromatic carbocycles. The summed E-state index contributed by atoms with van der Waals surface area (Å²) in [6.45, 7) is 0.701. The monoisotopic (exact) mass is 412 g/mol. The number of aromatic nitrogens is 2. The van der Waals surface area contributed by atoms with Gasteiger partial charge in [-0.2, -0.15) is 0 Å². The van der Waals surface area contributed by atoms with Gasteiger partial charge in [0.15, 0.2) is 5.16 Å². The molecule has 0 fully saturated rings. The van der Waals surface area contributed by atoms with Gasteiger partial charge in [-0.25, -0.2) is 9.78 Å². The molecule has 28 heavy (non-hydrogen) atoms. The minimum Gasteiger partial charge on any atom is -0.463 e. The van der Waals surface area contributed by atoms with E-state index in [1.807, 2.05) is 36.4 Å². The Morgan fingerprint density at radius 2 is 2.00 bits per heavy atom. The Balaban J connectivity index is 1.62. The van der Waals surface area contributed by atoms with Crippen molar-refractivity contribution in [3.8, 4) is 0 Å². The molecule has 0 aliphatic rings. The van der Waals surface area contributed by atoms with Crippen molar-refractivity contribution in [2.24, 2.45) is 0 Å². The molecule has 5 nitrogen and oxygen atoms in total.